The molecule has 1 rings (SSSR count). The van der Waals surface area contributed by atoms with Crippen LogP contribution in [-0.2, 0) is 6.54 Å². The third-order valence-corrected chi connectivity index (χ3v) is 2.31. The molecule has 0 spiro atoms. The average Bonchev–Trinajstić information content (AvgIpc) is 2.38. The third kappa shape index (κ3) is 8.75. The molecule has 1 aromatic carbocycles. The molecule has 0 fully saturated rings. The maximum absolute atomic E-state index is 5.49. The van der Waals surface area contributed by atoms with Gasteiger partial charge < -0.3 is 10.5 Å². The standard InChI is InChI=1S/C10H15NO.C5H12/c1-2-6-12-10-5-3-4-9(7-10)8-11;1-3-5-4-2/h3-5,7H,2,6,8,11H2,1H3;3-5H2,1-2H3. The lowest BCUT2D eigenvalue weighted by Gasteiger charge is -2.05. The van der Waals surface area contributed by atoms with Gasteiger partial charge in [0, 0.05) is 6.54 Å². The van der Waals surface area contributed by atoms with E-state index >= 15 is 0 Å². The van der Waals surface area contributed by atoms with Gasteiger partial charge in [0.25, 0.3) is 0 Å². The highest BCUT2D eigenvalue weighted by Gasteiger charge is 1.93. The highest BCUT2D eigenvalue weighted by atomic mass is 16.5. The van der Waals surface area contributed by atoms with E-state index in [4.69, 9.17) is 10.5 Å². The van der Waals surface area contributed by atoms with Crippen LogP contribution in [0, 0.1) is 0 Å². The smallest absolute Gasteiger partial charge is 0.119 e. The van der Waals surface area contributed by atoms with E-state index in [0.29, 0.717) is 6.54 Å². The summed E-state index contributed by atoms with van der Waals surface area (Å²) in [5.41, 5.74) is 6.61. The first kappa shape index (κ1) is 16.0. The van der Waals surface area contributed by atoms with Gasteiger partial charge in [-0.15, -0.1) is 0 Å². The van der Waals surface area contributed by atoms with Gasteiger partial charge in [-0.05, 0) is 24.1 Å². The molecule has 0 atom stereocenters. The number of hydrogen-bond donors (Lipinski definition) is 1. The van der Waals surface area contributed by atoms with E-state index in [2.05, 4.69) is 20.8 Å². The second-order valence-corrected chi connectivity index (χ2v) is 4.05. The van der Waals surface area contributed by atoms with Crippen LogP contribution in [0.3, 0.4) is 0 Å². The van der Waals surface area contributed by atoms with Gasteiger partial charge >= 0.3 is 0 Å². The van der Waals surface area contributed by atoms with Crippen molar-refractivity contribution < 1.29 is 4.74 Å². The highest BCUT2D eigenvalue weighted by Crippen LogP contribution is 2.12. The lowest BCUT2D eigenvalue weighted by atomic mass is 10.2. The van der Waals surface area contributed by atoms with E-state index in [1.54, 1.807) is 0 Å². The molecule has 0 aliphatic heterocycles. The van der Waals surface area contributed by atoms with E-state index in [-0.39, 0.29) is 0 Å². The van der Waals surface area contributed by atoms with E-state index < -0.39 is 0 Å². The van der Waals surface area contributed by atoms with Crippen LogP contribution in [0.2, 0.25) is 0 Å². The summed E-state index contributed by atoms with van der Waals surface area (Å²) in [7, 11) is 0. The average molecular weight is 237 g/mol. The minimum absolute atomic E-state index is 0.573. The Morgan fingerprint density at radius 2 is 1.76 bits per heavy atom. The summed E-state index contributed by atoms with van der Waals surface area (Å²) in [6, 6.07) is 7.90. The van der Waals surface area contributed by atoms with Crippen molar-refractivity contribution in [2.45, 2.75) is 53.0 Å². The molecule has 17 heavy (non-hydrogen) atoms. The maximum Gasteiger partial charge on any atom is 0.119 e. The molecule has 0 aliphatic carbocycles. The quantitative estimate of drug-likeness (QED) is 0.807. The molecular weight excluding hydrogens is 210 g/mol. The Kier molecular flexibility index (Phi) is 10.8. The molecule has 0 saturated carbocycles. The largest absolute Gasteiger partial charge is 0.494 e. The fourth-order valence-corrected chi connectivity index (χ4v) is 1.34. The summed E-state index contributed by atoms with van der Waals surface area (Å²) in [6.45, 7) is 7.86. The minimum Gasteiger partial charge on any atom is -0.494 e. The summed E-state index contributed by atoms with van der Waals surface area (Å²) >= 11 is 0. The molecule has 0 saturated heterocycles. The van der Waals surface area contributed by atoms with E-state index in [1.807, 2.05) is 24.3 Å². The van der Waals surface area contributed by atoms with Crippen LogP contribution in [0.15, 0.2) is 24.3 Å². The van der Waals surface area contributed by atoms with E-state index in [0.717, 1.165) is 24.3 Å². The summed E-state index contributed by atoms with van der Waals surface area (Å²) in [6.07, 6.45) is 5.11. The van der Waals surface area contributed by atoms with Gasteiger partial charge in [-0.2, -0.15) is 0 Å². The summed E-state index contributed by atoms with van der Waals surface area (Å²) in [5, 5.41) is 0. The van der Waals surface area contributed by atoms with Crippen LogP contribution in [0.4, 0.5) is 0 Å². The van der Waals surface area contributed by atoms with Crippen molar-refractivity contribution in [2.24, 2.45) is 5.73 Å². The van der Waals surface area contributed by atoms with Crippen molar-refractivity contribution in [3.8, 4) is 5.75 Å². The lowest BCUT2D eigenvalue weighted by molar-refractivity contribution is 0.317. The Hall–Kier alpha value is -1.02. The van der Waals surface area contributed by atoms with Crippen LogP contribution in [0.25, 0.3) is 0 Å². The van der Waals surface area contributed by atoms with Gasteiger partial charge in [0.1, 0.15) is 5.75 Å². The molecule has 0 aliphatic rings. The molecule has 0 unspecified atom stereocenters. The van der Waals surface area contributed by atoms with Gasteiger partial charge in [-0.1, -0.05) is 52.2 Å². The summed E-state index contributed by atoms with van der Waals surface area (Å²) in [5.74, 6) is 0.916. The summed E-state index contributed by atoms with van der Waals surface area (Å²) < 4.78 is 5.44. The Bertz CT molecular complexity index is 271. The Morgan fingerprint density at radius 1 is 1.06 bits per heavy atom. The van der Waals surface area contributed by atoms with Crippen molar-refractivity contribution in [3.63, 3.8) is 0 Å². The number of nitrogens with two attached hydrogens (primary N) is 1. The Morgan fingerprint density at radius 3 is 2.24 bits per heavy atom. The SMILES string of the molecule is CCCCC.CCCOc1cccc(CN)c1. The fourth-order valence-electron chi connectivity index (χ4n) is 1.34. The van der Waals surface area contributed by atoms with Gasteiger partial charge in [-0.25, -0.2) is 0 Å². The molecule has 0 amide bonds. The normalized spacial score (nSPS) is 9.41. The molecule has 0 aromatic heterocycles. The predicted molar refractivity (Wildman–Crippen MR) is 75.3 cm³/mol. The first-order valence-corrected chi connectivity index (χ1v) is 6.70. The first-order valence-electron chi connectivity index (χ1n) is 6.70. The second-order valence-electron chi connectivity index (χ2n) is 4.05. The molecule has 2 nitrogen and oxygen atoms in total. The fraction of sp³-hybridized carbons (Fsp3) is 0.600. The van der Waals surface area contributed by atoms with Gasteiger partial charge in [0.2, 0.25) is 0 Å². The monoisotopic (exact) mass is 237 g/mol. The predicted octanol–water partition coefficient (Wildman–Crippen LogP) is 4.13. The topological polar surface area (TPSA) is 35.2 Å². The molecule has 0 bridgehead atoms. The zero-order chi connectivity index (χ0) is 12.9. The van der Waals surface area contributed by atoms with Crippen LogP contribution in [0.5, 0.6) is 5.75 Å². The summed E-state index contributed by atoms with van der Waals surface area (Å²) in [4.78, 5) is 0. The van der Waals surface area contributed by atoms with Crippen LogP contribution in [-0.4, -0.2) is 6.61 Å². The van der Waals surface area contributed by atoms with Crippen LogP contribution < -0.4 is 10.5 Å². The number of ether oxygens (including phenoxy) is 1. The van der Waals surface area contributed by atoms with Gasteiger partial charge in [-0.3, -0.25) is 0 Å². The zero-order valence-corrected chi connectivity index (χ0v) is 11.5. The molecule has 2 heteroatoms. The minimum atomic E-state index is 0.573. The number of unbranched alkanes of at least 4 members (excludes halogenated alkanes) is 2. The molecular formula is C15H27NO. The number of hydrogen-bond acceptors (Lipinski definition) is 2. The lowest BCUT2D eigenvalue weighted by Crippen LogP contribution is -1.98. The Balaban J connectivity index is 0.000000437. The number of rotatable bonds is 6. The second kappa shape index (κ2) is 11.5. The third-order valence-electron chi connectivity index (χ3n) is 2.31. The molecule has 0 heterocycles. The van der Waals surface area contributed by atoms with E-state index in [9.17, 15) is 0 Å². The molecule has 1 aromatic rings. The maximum atomic E-state index is 5.49. The van der Waals surface area contributed by atoms with Crippen LogP contribution >= 0.6 is 0 Å². The van der Waals surface area contributed by atoms with E-state index in [1.165, 1.54) is 19.3 Å². The molecule has 98 valence electrons. The molecule has 0 radical (unpaired) electrons. The Labute approximate surface area is 106 Å². The first-order chi connectivity index (χ1) is 8.28. The number of benzene rings is 1. The van der Waals surface area contributed by atoms with Gasteiger partial charge in [0.05, 0.1) is 6.61 Å². The highest BCUT2D eigenvalue weighted by molar-refractivity contribution is 5.28. The van der Waals surface area contributed by atoms with Gasteiger partial charge in [0.15, 0.2) is 0 Å². The van der Waals surface area contributed by atoms with Crippen molar-refractivity contribution in [3.05, 3.63) is 29.8 Å². The van der Waals surface area contributed by atoms with Crippen molar-refractivity contribution in [1.29, 1.82) is 0 Å². The zero-order valence-electron chi connectivity index (χ0n) is 11.5. The van der Waals surface area contributed by atoms with Crippen molar-refractivity contribution >= 4 is 0 Å². The van der Waals surface area contributed by atoms with Crippen LogP contribution in [0.1, 0.15) is 52.0 Å². The van der Waals surface area contributed by atoms with Crippen molar-refractivity contribution in [1.82, 2.24) is 0 Å². The van der Waals surface area contributed by atoms with Crippen molar-refractivity contribution in [2.75, 3.05) is 6.61 Å². The molecule has 2 N–H and O–H groups in total.